The lowest BCUT2D eigenvalue weighted by molar-refractivity contribution is -0.113. The molecule has 0 saturated carbocycles. The van der Waals surface area contributed by atoms with Gasteiger partial charge in [-0.3, -0.25) is 9.36 Å². The summed E-state index contributed by atoms with van der Waals surface area (Å²) in [5.74, 6) is 0.919. The molecule has 0 radical (unpaired) electrons. The fourth-order valence-electron chi connectivity index (χ4n) is 2.36. The number of aromatic nitrogens is 3. The zero-order chi connectivity index (χ0) is 17.8. The van der Waals surface area contributed by atoms with E-state index in [-0.39, 0.29) is 11.7 Å². The Bertz CT molecular complexity index is 892. The molecule has 1 heterocycles. The van der Waals surface area contributed by atoms with Crippen LogP contribution in [0.5, 0.6) is 0 Å². The molecular formula is C18H17ClN4OS. The van der Waals surface area contributed by atoms with E-state index in [4.69, 9.17) is 11.6 Å². The molecule has 0 unspecified atom stereocenters. The third-order valence-corrected chi connectivity index (χ3v) is 4.70. The van der Waals surface area contributed by atoms with E-state index in [1.165, 1.54) is 11.8 Å². The summed E-state index contributed by atoms with van der Waals surface area (Å²) in [7, 11) is 0. The van der Waals surface area contributed by atoms with E-state index in [9.17, 15) is 4.79 Å². The van der Waals surface area contributed by atoms with Crippen molar-refractivity contribution in [3.05, 3.63) is 64.9 Å². The number of hydrogen-bond acceptors (Lipinski definition) is 4. The summed E-state index contributed by atoms with van der Waals surface area (Å²) in [6.45, 7) is 3.93. The standard InChI is InChI=1S/C18H17ClN4OS/c1-12-4-3-5-16(10-12)23-13(2)21-22-18(23)25-11-17(24)20-15-8-6-14(19)7-9-15/h3-10H,11H2,1-2H3,(H,20,24). The monoisotopic (exact) mass is 372 g/mol. The van der Waals surface area contributed by atoms with Crippen LogP contribution in [0, 0.1) is 13.8 Å². The summed E-state index contributed by atoms with van der Waals surface area (Å²) in [5.41, 5.74) is 2.86. The van der Waals surface area contributed by atoms with Crippen molar-refractivity contribution in [3.8, 4) is 5.69 Å². The lowest BCUT2D eigenvalue weighted by Crippen LogP contribution is -2.14. The number of aryl methyl sites for hydroxylation is 2. The second-order valence-corrected chi connectivity index (χ2v) is 6.93. The van der Waals surface area contributed by atoms with Gasteiger partial charge in [0.2, 0.25) is 5.91 Å². The van der Waals surface area contributed by atoms with Crippen LogP contribution in [0.2, 0.25) is 5.02 Å². The van der Waals surface area contributed by atoms with Crippen molar-refractivity contribution in [2.24, 2.45) is 0 Å². The zero-order valence-corrected chi connectivity index (χ0v) is 15.4. The Morgan fingerprint density at radius 3 is 2.64 bits per heavy atom. The molecule has 7 heteroatoms. The Balaban J connectivity index is 1.69. The van der Waals surface area contributed by atoms with Crippen LogP contribution in [0.4, 0.5) is 5.69 Å². The molecule has 0 aliphatic carbocycles. The molecule has 5 nitrogen and oxygen atoms in total. The first kappa shape index (κ1) is 17.5. The van der Waals surface area contributed by atoms with Gasteiger partial charge in [0.15, 0.2) is 5.16 Å². The van der Waals surface area contributed by atoms with Gasteiger partial charge in [0.05, 0.1) is 5.75 Å². The van der Waals surface area contributed by atoms with E-state index < -0.39 is 0 Å². The van der Waals surface area contributed by atoms with Crippen molar-refractivity contribution in [1.29, 1.82) is 0 Å². The number of carbonyl (C=O) groups excluding carboxylic acids is 1. The van der Waals surface area contributed by atoms with Crippen molar-refractivity contribution in [1.82, 2.24) is 14.8 Å². The fraction of sp³-hybridized carbons (Fsp3) is 0.167. The highest BCUT2D eigenvalue weighted by molar-refractivity contribution is 7.99. The maximum Gasteiger partial charge on any atom is 0.234 e. The molecule has 0 bridgehead atoms. The second-order valence-electron chi connectivity index (χ2n) is 5.55. The Kier molecular flexibility index (Phi) is 5.40. The molecule has 128 valence electrons. The topological polar surface area (TPSA) is 59.8 Å². The van der Waals surface area contributed by atoms with E-state index in [2.05, 4.69) is 21.6 Å². The highest BCUT2D eigenvalue weighted by atomic mass is 35.5. The minimum absolute atomic E-state index is 0.108. The van der Waals surface area contributed by atoms with Crippen LogP contribution in [-0.4, -0.2) is 26.4 Å². The highest BCUT2D eigenvalue weighted by Gasteiger charge is 2.13. The molecule has 3 rings (SSSR count). The summed E-state index contributed by atoms with van der Waals surface area (Å²) in [4.78, 5) is 12.2. The van der Waals surface area contributed by atoms with Crippen LogP contribution >= 0.6 is 23.4 Å². The molecule has 0 fully saturated rings. The molecular weight excluding hydrogens is 356 g/mol. The lowest BCUT2D eigenvalue weighted by Gasteiger charge is -2.09. The maximum absolute atomic E-state index is 12.2. The Hall–Kier alpha value is -2.31. The van der Waals surface area contributed by atoms with Crippen molar-refractivity contribution in [2.45, 2.75) is 19.0 Å². The van der Waals surface area contributed by atoms with Gasteiger partial charge < -0.3 is 5.32 Å². The van der Waals surface area contributed by atoms with E-state index in [1.807, 2.05) is 36.6 Å². The molecule has 2 aromatic carbocycles. The average Bonchev–Trinajstić information content (AvgIpc) is 2.96. The van der Waals surface area contributed by atoms with Gasteiger partial charge >= 0.3 is 0 Å². The van der Waals surface area contributed by atoms with Gasteiger partial charge in [-0.05, 0) is 55.8 Å². The highest BCUT2D eigenvalue weighted by Crippen LogP contribution is 2.22. The van der Waals surface area contributed by atoms with Crippen LogP contribution in [0.15, 0.2) is 53.7 Å². The quantitative estimate of drug-likeness (QED) is 0.679. The van der Waals surface area contributed by atoms with E-state index in [1.54, 1.807) is 24.3 Å². The van der Waals surface area contributed by atoms with Crippen LogP contribution in [-0.2, 0) is 4.79 Å². The van der Waals surface area contributed by atoms with Gasteiger partial charge in [0, 0.05) is 16.4 Å². The number of carbonyl (C=O) groups is 1. The molecule has 0 aliphatic rings. The molecule has 1 amide bonds. The number of thioether (sulfide) groups is 1. The molecule has 0 atom stereocenters. The minimum atomic E-state index is -0.108. The van der Waals surface area contributed by atoms with Crippen molar-refractivity contribution < 1.29 is 4.79 Å². The van der Waals surface area contributed by atoms with Gasteiger partial charge in [-0.2, -0.15) is 0 Å². The van der Waals surface area contributed by atoms with E-state index >= 15 is 0 Å². The molecule has 25 heavy (non-hydrogen) atoms. The molecule has 0 spiro atoms. The predicted molar refractivity (Wildman–Crippen MR) is 102 cm³/mol. The van der Waals surface area contributed by atoms with Crippen LogP contribution in [0.1, 0.15) is 11.4 Å². The molecule has 0 aliphatic heterocycles. The minimum Gasteiger partial charge on any atom is -0.325 e. The predicted octanol–water partition coefficient (Wildman–Crippen LogP) is 4.27. The summed E-state index contributed by atoms with van der Waals surface area (Å²) >= 11 is 7.19. The number of benzene rings is 2. The number of rotatable bonds is 5. The fourth-order valence-corrected chi connectivity index (χ4v) is 3.28. The maximum atomic E-state index is 12.2. The molecule has 0 saturated heterocycles. The Morgan fingerprint density at radius 1 is 1.16 bits per heavy atom. The first-order valence-corrected chi connectivity index (χ1v) is 9.06. The number of nitrogens with one attached hydrogen (secondary N) is 1. The van der Waals surface area contributed by atoms with Gasteiger partial charge in [-0.15, -0.1) is 10.2 Å². The van der Waals surface area contributed by atoms with Gasteiger partial charge in [0.1, 0.15) is 5.82 Å². The molecule has 1 aromatic heterocycles. The van der Waals surface area contributed by atoms with Gasteiger partial charge in [0.25, 0.3) is 0 Å². The SMILES string of the molecule is Cc1cccc(-n2c(C)nnc2SCC(=O)Nc2ccc(Cl)cc2)c1. The molecule has 3 aromatic rings. The van der Waals surface area contributed by atoms with E-state index in [0.717, 1.165) is 17.1 Å². The number of hydrogen-bond donors (Lipinski definition) is 1. The van der Waals surface area contributed by atoms with Crippen LogP contribution in [0.3, 0.4) is 0 Å². The van der Waals surface area contributed by atoms with Crippen molar-refractivity contribution in [2.75, 3.05) is 11.1 Å². The number of halogens is 1. The smallest absolute Gasteiger partial charge is 0.234 e. The van der Waals surface area contributed by atoms with Crippen molar-refractivity contribution >= 4 is 35.0 Å². The lowest BCUT2D eigenvalue weighted by atomic mass is 10.2. The largest absolute Gasteiger partial charge is 0.325 e. The number of amides is 1. The van der Waals surface area contributed by atoms with E-state index in [0.29, 0.717) is 15.9 Å². The Labute approximate surface area is 155 Å². The summed E-state index contributed by atoms with van der Waals surface area (Å²) < 4.78 is 1.95. The average molecular weight is 373 g/mol. The van der Waals surface area contributed by atoms with Gasteiger partial charge in [-0.1, -0.05) is 35.5 Å². The zero-order valence-electron chi connectivity index (χ0n) is 13.9. The summed E-state index contributed by atoms with van der Waals surface area (Å²) in [5, 5.41) is 12.5. The van der Waals surface area contributed by atoms with Crippen LogP contribution < -0.4 is 5.32 Å². The number of anilines is 1. The first-order chi connectivity index (χ1) is 12.0. The molecule has 1 N–H and O–H groups in total. The Morgan fingerprint density at radius 2 is 1.92 bits per heavy atom. The van der Waals surface area contributed by atoms with Gasteiger partial charge in [-0.25, -0.2) is 0 Å². The third kappa shape index (κ3) is 4.41. The third-order valence-electron chi connectivity index (χ3n) is 3.52. The van der Waals surface area contributed by atoms with Crippen molar-refractivity contribution in [3.63, 3.8) is 0 Å². The van der Waals surface area contributed by atoms with Crippen LogP contribution in [0.25, 0.3) is 5.69 Å². The summed E-state index contributed by atoms with van der Waals surface area (Å²) in [6.07, 6.45) is 0. The second kappa shape index (κ2) is 7.72. The normalized spacial score (nSPS) is 10.7. The number of nitrogens with zero attached hydrogens (tertiary/aromatic N) is 3. The summed E-state index contributed by atoms with van der Waals surface area (Å²) in [6, 6.07) is 15.1. The first-order valence-electron chi connectivity index (χ1n) is 7.70.